The highest BCUT2D eigenvalue weighted by molar-refractivity contribution is 5.79. The molecule has 1 amide bonds. The van der Waals surface area contributed by atoms with E-state index in [9.17, 15) is 4.79 Å². The van der Waals surface area contributed by atoms with Gasteiger partial charge in [-0.2, -0.15) is 5.26 Å². The molecular weight excluding hydrogens is 178 g/mol. The normalized spacial score (nSPS) is 25.7. The molecule has 0 saturated carbocycles. The highest BCUT2D eigenvalue weighted by Crippen LogP contribution is 2.15. The van der Waals surface area contributed by atoms with Crippen molar-refractivity contribution in [2.75, 3.05) is 19.6 Å². The molecule has 1 aliphatic rings. The summed E-state index contributed by atoms with van der Waals surface area (Å²) >= 11 is 0. The van der Waals surface area contributed by atoms with Gasteiger partial charge in [0.25, 0.3) is 0 Å². The van der Waals surface area contributed by atoms with Gasteiger partial charge in [-0.1, -0.05) is 6.92 Å². The van der Waals surface area contributed by atoms with Crippen LogP contribution in [0.2, 0.25) is 0 Å². The second kappa shape index (κ2) is 5.61. The third-order valence-electron chi connectivity index (χ3n) is 2.62. The Morgan fingerprint density at radius 2 is 2.43 bits per heavy atom. The molecule has 2 N–H and O–H groups in total. The van der Waals surface area contributed by atoms with E-state index in [0.717, 1.165) is 19.5 Å². The van der Waals surface area contributed by atoms with E-state index in [-0.39, 0.29) is 11.8 Å². The summed E-state index contributed by atoms with van der Waals surface area (Å²) in [5, 5.41) is 14.4. The molecule has 0 aromatic heterocycles. The largest absolute Gasteiger partial charge is 0.356 e. The maximum atomic E-state index is 11.6. The maximum absolute atomic E-state index is 11.6. The van der Waals surface area contributed by atoms with E-state index < -0.39 is 0 Å². The lowest BCUT2D eigenvalue weighted by Crippen LogP contribution is -2.34. The van der Waals surface area contributed by atoms with E-state index in [0.29, 0.717) is 18.9 Å². The monoisotopic (exact) mass is 195 g/mol. The molecule has 1 fully saturated rings. The summed E-state index contributed by atoms with van der Waals surface area (Å²) in [5.74, 6) is 0.656. The van der Waals surface area contributed by atoms with E-state index in [1.807, 2.05) is 0 Å². The average molecular weight is 195 g/mol. The Balaban J connectivity index is 2.18. The molecular formula is C10H17N3O. The SMILES string of the molecule is CC1CNCC1C(=O)NCCCC#N. The number of amides is 1. The van der Waals surface area contributed by atoms with Gasteiger partial charge in [-0.3, -0.25) is 4.79 Å². The number of nitrogens with one attached hydrogen (secondary N) is 2. The van der Waals surface area contributed by atoms with E-state index in [4.69, 9.17) is 5.26 Å². The van der Waals surface area contributed by atoms with Gasteiger partial charge >= 0.3 is 0 Å². The smallest absolute Gasteiger partial charge is 0.224 e. The molecule has 2 atom stereocenters. The topological polar surface area (TPSA) is 64.9 Å². The summed E-state index contributed by atoms with van der Waals surface area (Å²) in [6.07, 6.45) is 1.26. The highest BCUT2D eigenvalue weighted by Gasteiger charge is 2.28. The van der Waals surface area contributed by atoms with Crippen LogP contribution in [-0.4, -0.2) is 25.5 Å². The van der Waals surface area contributed by atoms with Crippen molar-refractivity contribution < 1.29 is 4.79 Å². The lowest BCUT2D eigenvalue weighted by molar-refractivity contribution is -0.125. The Bertz CT molecular complexity index is 234. The molecule has 0 aromatic rings. The molecule has 1 saturated heterocycles. The van der Waals surface area contributed by atoms with Gasteiger partial charge in [-0.05, 0) is 18.9 Å². The minimum absolute atomic E-state index is 0.108. The maximum Gasteiger partial charge on any atom is 0.224 e. The number of hydrogen-bond acceptors (Lipinski definition) is 3. The molecule has 4 nitrogen and oxygen atoms in total. The van der Waals surface area contributed by atoms with Crippen LogP contribution in [-0.2, 0) is 4.79 Å². The van der Waals surface area contributed by atoms with E-state index in [1.54, 1.807) is 0 Å². The Morgan fingerprint density at radius 1 is 1.64 bits per heavy atom. The van der Waals surface area contributed by atoms with Crippen molar-refractivity contribution in [2.24, 2.45) is 11.8 Å². The first kappa shape index (κ1) is 11.0. The molecule has 0 radical (unpaired) electrons. The fourth-order valence-corrected chi connectivity index (χ4v) is 1.67. The minimum Gasteiger partial charge on any atom is -0.356 e. The van der Waals surface area contributed by atoms with Crippen molar-refractivity contribution in [3.63, 3.8) is 0 Å². The number of nitriles is 1. The molecule has 78 valence electrons. The number of unbranched alkanes of at least 4 members (excludes halogenated alkanes) is 1. The number of hydrogen-bond donors (Lipinski definition) is 2. The van der Waals surface area contributed by atoms with Gasteiger partial charge in [0, 0.05) is 19.5 Å². The van der Waals surface area contributed by atoms with E-state index in [1.165, 1.54) is 0 Å². The number of carbonyl (C=O) groups is 1. The van der Waals surface area contributed by atoms with Gasteiger partial charge in [0.2, 0.25) is 5.91 Å². The summed E-state index contributed by atoms with van der Waals surface area (Å²) < 4.78 is 0. The fourth-order valence-electron chi connectivity index (χ4n) is 1.67. The quantitative estimate of drug-likeness (QED) is 0.632. The molecule has 0 spiro atoms. The van der Waals surface area contributed by atoms with Crippen molar-refractivity contribution in [2.45, 2.75) is 19.8 Å². The zero-order valence-electron chi connectivity index (χ0n) is 8.55. The van der Waals surface area contributed by atoms with Gasteiger partial charge in [-0.15, -0.1) is 0 Å². The van der Waals surface area contributed by atoms with Gasteiger partial charge < -0.3 is 10.6 Å². The van der Waals surface area contributed by atoms with Gasteiger partial charge in [0.15, 0.2) is 0 Å². The van der Waals surface area contributed by atoms with Crippen LogP contribution in [0.1, 0.15) is 19.8 Å². The Morgan fingerprint density at radius 3 is 3.00 bits per heavy atom. The summed E-state index contributed by atoms with van der Waals surface area (Å²) in [4.78, 5) is 11.6. The predicted octanol–water partition coefficient (Wildman–Crippen LogP) is 0.262. The molecule has 0 aliphatic carbocycles. The second-order valence-electron chi connectivity index (χ2n) is 3.79. The molecule has 4 heteroatoms. The van der Waals surface area contributed by atoms with Crippen molar-refractivity contribution in [1.29, 1.82) is 5.26 Å². The average Bonchev–Trinajstić information content (AvgIpc) is 2.59. The minimum atomic E-state index is 0.108. The van der Waals surface area contributed by atoms with Crippen LogP contribution < -0.4 is 10.6 Å². The Labute approximate surface area is 84.7 Å². The summed E-state index contributed by atoms with van der Waals surface area (Å²) in [5.41, 5.74) is 0. The van der Waals surface area contributed by atoms with Crippen LogP contribution in [0.3, 0.4) is 0 Å². The molecule has 1 rings (SSSR count). The third-order valence-corrected chi connectivity index (χ3v) is 2.62. The lowest BCUT2D eigenvalue weighted by atomic mass is 9.97. The first-order chi connectivity index (χ1) is 6.75. The zero-order chi connectivity index (χ0) is 10.4. The van der Waals surface area contributed by atoms with E-state index >= 15 is 0 Å². The summed E-state index contributed by atoms with van der Waals surface area (Å²) in [6, 6.07) is 2.06. The first-order valence-electron chi connectivity index (χ1n) is 5.11. The van der Waals surface area contributed by atoms with Crippen LogP contribution >= 0.6 is 0 Å². The van der Waals surface area contributed by atoms with Gasteiger partial charge in [0.05, 0.1) is 12.0 Å². The van der Waals surface area contributed by atoms with Crippen LogP contribution in [0.25, 0.3) is 0 Å². The molecule has 2 unspecified atom stereocenters. The molecule has 1 aliphatic heterocycles. The molecule has 1 heterocycles. The van der Waals surface area contributed by atoms with Crippen molar-refractivity contribution in [3.05, 3.63) is 0 Å². The van der Waals surface area contributed by atoms with Crippen LogP contribution in [0.15, 0.2) is 0 Å². The Kier molecular flexibility index (Phi) is 4.41. The highest BCUT2D eigenvalue weighted by atomic mass is 16.1. The number of carbonyl (C=O) groups excluding carboxylic acids is 1. The molecule has 14 heavy (non-hydrogen) atoms. The number of nitrogens with zero attached hydrogens (tertiary/aromatic N) is 1. The lowest BCUT2D eigenvalue weighted by Gasteiger charge is -2.13. The zero-order valence-corrected chi connectivity index (χ0v) is 8.55. The van der Waals surface area contributed by atoms with Crippen LogP contribution in [0.4, 0.5) is 0 Å². The summed E-state index contributed by atoms with van der Waals surface area (Å²) in [7, 11) is 0. The van der Waals surface area contributed by atoms with Gasteiger partial charge in [0.1, 0.15) is 0 Å². The summed E-state index contributed by atoms with van der Waals surface area (Å²) in [6.45, 7) is 4.41. The predicted molar refractivity (Wildman–Crippen MR) is 53.4 cm³/mol. The first-order valence-corrected chi connectivity index (χ1v) is 5.11. The second-order valence-corrected chi connectivity index (χ2v) is 3.79. The van der Waals surface area contributed by atoms with Crippen molar-refractivity contribution in [1.82, 2.24) is 10.6 Å². The van der Waals surface area contributed by atoms with Crippen molar-refractivity contribution in [3.8, 4) is 6.07 Å². The standard InChI is InChI=1S/C10H17N3O/c1-8-6-12-7-9(8)10(14)13-5-3-2-4-11/h8-9,12H,2-3,5-7H2,1H3,(H,13,14). The molecule has 0 bridgehead atoms. The van der Waals surface area contributed by atoms with Crippen LogP contribution in [0.5, 0.6) is 0 Å². The van der Waals surface area contributed by atoms with Crippen LogP contribution in [0, 0.1) is 23.2 Å². The van der Waals surface area contributed by atoms with Crippen molar-refractivity contribution >= 4 is 5.91 Å². The van der Waals surface area contributed by atoms with E-state index in [2.05, 4.69) is 23.6 Å². The van der Waals surface area contributed by atoms with Gasteiger partial charge in [-0.25, -0.2) is 0 Å². The molecule has 0 aromatic carbocycles. The third kappa shape index (κ3) is 3.00. The fraction of sp³-hybridized carbons (Fsp3) is 0.800. The Hall–Kier alpha value is -1.08. The number of rotatable bonds is 4.